The van der Waals surface area contributed by atoms with Gasteiger partial charge in [0.05, 0.1) is 10.3 Å². The summed E-state index contributed by atoms with van der Waals surface area (Å²) in [6.45, 7) is 2.21. The molecule has 0 aliphatic carbocycles. The summed E-state index contributed by atoms with van der Waals surface area (Å²) in [6.07, 6.45) is 1.07. The zero-order valence-electron chi connectivity index (χ0n) is 15.5. The molecule has 3 rings (SSSR count). The van der Waals surface area contributed by atoms with E-state index in [2.05, 4.69) is 5.32 Å². The summed E-state index contributed by atoms with van der Waals surface area (Å²) in [5.41, 5.74) is -0.276. The highest BCUT2D eigenvalue weighted by molar-refractivity contribution is 7.89. The minimum absolute atomic E-state index is 0.00156. The molecule has 2 aromatic rings. The molecule has 1 saturated heterocycles. The number of hydrogen-bond acceptors (Lipinski definition) is 3. The van der Waals surface area contributed by atoms with Crippen molar-refractivity contribution in [1.29, 1.82) is 0 Å². The predicted molar refractivity (Wildman–Crippen MR) is 101 cm³/mol. The van der Waals surface area contributed by atoms with Crippen LogP contribution < -0.4 is 5.32 Å². The number of carbonyl (C=O) groups is 1. The average Bonchev–Trinajstić information content (AvgIpc) is 2.66. The number of amides is 1. The number of benzene rings is 2. The van der Waals surface area contributed by atoms with Crippen LogP contribution in [0.25, 0.3) is 0 Å². The number of piperidine rings is 1. The van der Waals surface area contributed by atoms with E-state index in [1.807, 2.05) is 0 Å². The van der Waals surface area contributed by atoms with Crippen molar-refractivity contribution < 1.29 is 22.0 Å². The van der Waals surface area contributed by atoms with E-state index in [0.717, 1.165) is 12.1 Å². The van der Waals surface area contributed by atoms with Crippen molar-refractivity contribution in [3.05, 3.63) is 65.7 Å². The Morgan fingerprint density at radius 2 is 1.86 bits per heavy atom. The number of hydrogen-bond donors (Lipinski definition) is 1. The Bertz CT molecular complexity index is 964. The second kappa shape index (κ2) is 7.97. The summed E-state index contributed by atoms with van der Waals surface area (Å²) in [5.74, 6) is -1.18. The molecule has 1 N–H and O–H groups in total. The summed E-state index contributed by atoms with van der Waals surface area (Å²) >= 11 is 0. The van der Waals surface area contributed by atoms with Crippen LogP contribution in [0.1, 0.15) is 25.3 Å². The van der Waals surface area contributed by atoms with Crippen LogP contribution in [0.2, 0.25) is 0 Å². The van der Waals surface area contributed by atoms with Crippen molar-refractivity contribution in [3.63, 3.8) is 0 Å². The lowest BCUT2D eigenvalue weighted by Gasteiger charge is -2.38. The van der Waals surface area contributed by atoms with Gasteiger partial charge in [0.1, 0.15) is 11.6 Å². The van der Waals surface area contributed by atoms with Crippen LogP contribution in [0.4, 0.5) is 8.78 Å². The van der Waals surface area contributed by atoms with Crippen LogP contribution in [-0.2, 0) is 21.4 Å². The molecular formula is C20H22F2N2O3S. The number of nitrogens with one attached hydrogen (secondary N) is 1. The van der Waals surface area contributed by atoms with Gasteiger partial charge in [-0.3, -0.25) is 4.79 Å². The molecule has 0 bridgehead atoms. The number of sulfonamides is 1. The summed E-state index contributed by atoms with van der Waals surface area (Å²) in [5, 5.41) is 2.78. The third kappa shape index (κ3) is 4.39. The Balaban J connectivity index is 1.71. The molecule has 1 aliphatic rings. The SMILES string of the molecule is CC1(C(=O)NCc2cccc(F)c2)CCCN(S(=O)(=O)c2ccc(F)cc2)C1. The van der Waals surface area contributed by atoms with Crippen molar-refractivity contribution in [2.24, 2.45) is 5.41 Å². The van der Waals surface area contributed by atoms with Gasteiger partial charge < -0.3 is 5.32 Å². The third-order valence-corrected chi connectivity index (χ3v) is 6.86. The zero-order chi connectivity index (χ0) is 20.4. The third-order valence-electron chi connectivity index (χ3n) is 5.00. The van der Waals surface area contributed by atoms with E-state index in [0.29, 0.717) is 24.9 Å². The highest BCUT2D eigenvalue weighted by Gasteiger charge is 2.41. The maximum absolute atomic E-state index is 13.3. The Labute approximate surface area is 163 Å². The fraction of sp³-hybridized carbons (Fsp3) is 0.350. The Kier molecular flexibility index (Phi) is 5.81. The summed E-state index contributed by atoms with van der Waals surface area (Å²) in [7, 11) is -3.82. The van der Waals surface area contributed by atoms with Gasteiger partial charge in [-0.15, -0.1) is 0 Å². The molecule has 8 heteroatoms. The number of carbonyl (C=O) groups excluding carboxylic acids is 1. The largest absolute Gasteiger partial charge is 0.352 e. The maximum atomic E-state index is 13.3. The van der Waals surface area contributed by atoms with Gasteiger partial charge in [0.15, 0.2) is 0 Å². The highest BCUT2D eigenvalue weighted by Crippen LogP contribution is 2.33. The quantitative estimate of drug-likeness (QED) is 0.827. The van der Waals surface area contributed by atoms with E-state index >= 15 is 0 Å². The smallest absolute Gasteiger partial charge is 0.243 e. The monoisotopic (exact) mass is 408 g/mol. The molecule has 2 aromatic carbocycles. The molecule has 1 atom stereocenters. The maximum Gasteiger partial charge on any atom is 0.243 e. The lowest BCUT2D eigenvalue weighted by atomic mass is 9.82. The van der Waals surface area contributed by atoms with Gasteiger partial charge in [-0.1, -0.05) is 12.1 Å². The molecule has 1 heterocycles. The minimum Gasteiger partial charge on any atom is -0.352 e. The van der Waals surface area contributed by atoms with Crippen LogP contribution in [0.15, 0.2) is 53.4 Å². The lowest BCUT2D eigenvalue weighted by molar-refractivity contribution is -0.132. The first-order valence-corrected chi connectivity index (χ1v) is 10.4. The van der Waals surface area contributed by atoms with E-state index in [4.69, 9.17) is 0 Å². The van der Waals surface area contributed by atoms with Crippen molar-refractivity contribution in [3.8, 4) is 0 Å². The predicted octanol–water partition coefficient (Wildman–Crippen LogP) is 3.07. The van der Waals surface area contributed by atoms with Gasteiger partial charge in [-0.25, -0.2) is 17.2 Å². The first-order chi connectivity index (χ1) is 13.2. The normalized spacial score (nSPS) is 20.7. The molecule has 1 unspecified atom stereocenters. The van der Waals surface area contributed by atoms with E-state index in [9.17, 15) is 22.0 Å². The summed E-state index contributed by atoms with van der Waals surface area (Å²) in [4.78, 5) is 12.8. The minimum atomic E-state index is -3.82. The Morgan fingerprint density at radius 1 is 1.14 bits per heavy atom. The van der Waals surface area contributed by atoms with Crippen molar-refractivity contribution in [1.82, 2.24) is 9.62 Å². The molecule has 1 fully saturated rings. The first-order valence-electron chi connectivity index (χ1n) is 8.99. The van der Waals surface area contributed by atoms with E-state index in [1.165, 1.54) is 28.6 Å². The molecule has 1 aliphatic heterocycles. The van der Waals surface area contributed by atoms with E-state index in [-0.39, 0.29) is 29.7 Å². The van der Waals surface area contributed by atoms with Crippen LogP contribution in [-0.4, -0.2) is 31.7 Å². The lowest BCUT2D eigenvalue weighted by Crippen LogP contribution is -2.51. The van der Waals surface area contributed by atoms with Crippen LogP contribution >= 0.6 is 0 Å². The Hall–Kier alpha value is -2.32. The molecule has 28 heavy (non-hydrogen) atoms. The van der Waals surface area contributed by atoms with Crippen LogP contribution in [0, 0.1) is 17.0 Å². The number of nitrogens with zero attached hydrogens (tertiary/aromatic N) is 1. The fourth-order valence-electron chi connectivity index (χ4n) is 3.38. The zero-order valence-corrected chi connectivity index (χ0v) is 16.3. The van der Waals surface area contributed by atoms with Crippen molar-refractivity contribution in [2.45, 2.75) is 31.2 Å². The molecule has 0 spiro atoms. The molecule has 0 radical (unpaired) electrons. The second-order valence-electron chi connectivity index (χ2n) is 7.27. The molecule has 0 aromatic heterocycles. The van der Waals surface area contributed by atoms with Gasteiger partial charge >= 0.3 is 0 Å². The van der Waals surface area contributed by atoms with Gasteiger partial charge in [-0.05, 0) is 61.7 Å². The molecule has 1 amide bonds. The fourth-order valence-corrected chi connectivity index (χ4v) is 4.98. The van der Waals surface area contributed by atoms with E-state index < -0.39 is 21.3 Å². The summed E-state index contributed by atoms with van der Waals surface area (Å²) in [6, 6.07) is 10.6. The van der Waals surface area contributed by atoms with Crippen molar-refractivity contribution in [2.75, 3.05) is 13.1 Å². The Morgan fingerprint density at radius 3 is 2.54 bits per heavy atom. The highest BCUT2D eigenvalue weighted by atomic mass is 32.2. The topological polar surface area (TPSA) is 66.5 Å². The van der Waals surface area contributed by atoms with Gasteiger partial charge in [0.25, 0.3) is 0 Å². The van der Waals surface area contributed by atoms with Crippen molar-refractivity contribution >= 4 is 15.9 Å². The molecule has 0 saturated carbocycles. The number of halogens is 2. The van der Waals surface area contributed by atoms with Gasteiger partial charge in [0.2, 0.25) is 15.9 Å². The van der Waals surface area contributed by atoms with Crippen LogP contribution in [0.3, 0.4) is 0 Å². The molecule has 150 valence electrons. The van der Waals surface area contributed by atoms with Gasteiger partial charge in [0, 0.05) is 19.6 Å². The number of rotatable bonds is 5. The standard InChI is InChI=1S/C20H22F2N2O3S/c1-20(19(25)23-13-15-4-2-5-17(22)12-15)10-3-11-24(14-20)28(26,27)18-8-6-16(21)7-9-18/h2,4-9,12H,3,10-11,13-14H2,1H3,(H,23,25). The van der Waals surface area contributed by atoms with Crippen LogP contribution in [0.5, 0.6) is 0 Å². The first kappa shape index (κ1) is 20.4. The summed E-state index contributed by atoms with van der Waals surface area (Å²) < 4.78 is 53.4. The van der Waals surface area contributed by atoms with Gasteiger partial charge in [-0.2, -0.15) is 4.31 Å². The molecule has 5 nitrogen and oxygen atoms in total. The van der Waals surface area contributed by atoms with E-state index in [1.54, 1.807) is 19.1 Å². The average molecular weight is 408 g/mol. The second-order valence-corrected chi connectivity index (χ2v) is 9.21. The molecular weight excluding hydrogens is 386 g/mol.